The highest BCUT2D eigenvalue weighted by Gasteiger charge is 2.11. The fraction of sp³-hybridized carbons (Fsp3) is 0.105. The van der Waals surface area contributed by atoms with Crippen LogP contribution in [0.3, 0.4) is 0 Å². The van der Waals surface area contributed by atoms with Crippen LogP contribution in [0.2, 0.25) is 0 Å². The summed E-state index contributed by atoms with van der Waals surface area (Å²) in [6.45, 7) is 0. The van der Waals surface area contributed by atoms with Crippen molar-refractivity contribution in [1.29, 1.82) is 0 Å². The Morgan fingerprint density at radius 1 is 1.00 bits per heavy atom. The largest absolute Gasteiger partial charge is 0.481 e. The summed E-state index contributed by atoms with van der Waals surface area (Å²) in [5.74, 6) is -2.98. The van der Waals surface area contributed by atoms with Crippen LogP contribution >= 0.6 is 0 Å². The first-order valence-corrected chi connectivity index (χ1v) is 7.94. The van der Waals surface area contributed by atoms with Crippen LogP contribution in [0.4, 0.5) is 5.69 Å². The molecule has 2 N–H and O–H groups in total. The van der Waals surface area contributed by atoms with Gasteiger partial charge in [-0.15, -0.1) is 0 Å². The SMILES string of the molecule is O=C(O)Cc1ccc(/C=C/C(=O)Oc2cccc([N+](=O)[O-])c2)cc1CC(=O)O. The topological polar surface area (TPSA) is 144 Å². The molecule has 0 saturated heterocycles. The predicted molar refractivity (Wildman–Crippen MR) is 96.9 cm³/mol. The molecule has 0 aliphatic heterocycles. The molecule has 0 aliphatic carbocycles. The van der Waals surface area contributed by atoms with Gasteiger partial charge >= 0.3 is 17.9 Å². The lowest BCUT2D eigenvalue weighted by Crippen LogP contribution is -2.08. The van der Waals surface area contributed by atoms with E-state index < -0.39 is 22.8 Å². The summed E-state index contributed by atoms with van der Waals surface area (Å²) in [5.41, 5.74) is 0.943. The summed E-state index contributed by atoms with van der Waals surface area (Å²) in [4.78, 5) is 43.9. The molecule has 2 aromatic carbocycles. The first kappa shape index (κ1) is 20.3. The molecule has 28 heavy (non-hydrogen) atoms. The van der Waals surface area contributed by atoms with E-state index in [0.29, 0.717) is 16.7 Å². The standard InChI is InChI=1S/C19H15NO8/c21-17(22)9-13-6-4-12(8-14(13)10-18(23)24)5-7-19(25)28-16-3-1-2-15(11-16)20(26)27/h1-8,11H,9-10H2,(H,21,22)(H,23,24)/b7-5+. The van der Waals surface area contributed by atoms with E-state index in [1.165, 1.54) is 36.4 Å². The molecular weight excluding hydrogens is 370 g/mol. The number of non-ortho nitro benzene ring substituents is 1. The number of carbonyl (C=O) groups is 3. The number of aliphatic carboxylic acids is 2. The fourth-order valence-electron chi connectivity index (χ4n) is 2.39. The number of carbonyl (C=O) groups excluding carboxylic acids is 1. The van der Waals surface area contributed by atoms with Gasteiger partial charge in [-0.1, -0.05) is 24.3 Å². The average Bonchev–Trinajstić information content (AvgIpc) is 2.61. The van der Waals surface area contributed by atoms with E-state index in [4.69, 9.17) is 14.9 Å². The number of hydrogen-bond acceptors (Lipinski definition) is 6. The Morgan fingerprint density at radius 3 is 2.32 bits per heavy atom. The van der Waals surface area contributed by atoms with E-state index in [1.807, 2.05) is 0 Å². The van der Waals surface area contributed by atoms with Crippen molar-refractivity contribution in [2.75, 3.05) is 0 Å². The van der Waals surface area contributed by atoms with Gasteiger partial charge in [-0.25, -0.2) is 4.79 Å². The van der Waals surface area contributed by atoms with Crippen LogP contribution in [0.25, 0.3) is 6.08 Å². The van der Waals surface area contributed by atoms with Crippen molar-refractivity contribution < 1.29 is 34.3 Å². The fourth-order valence-corrected chi connectivity index (χ4v) is 2.39. The smallest absolute Gasteiger partial charge is 0.336 e. The first-order chi connectivity index (χ1) is 13.2. The molecule has 0 radical (unpaired) electrons. The van der Waals surface area contributed by atoms with Crippen LogP contribution in [0.5, 0.6) is 5.75 Å². The molecule has 9 heteroatoms. The monoisotopic (exact) mass is 385 g/mol. The van der Waals surface area contributed by atoms with Gasteiger partial charge in [0.1, 0.15) is 5.75 Å². The number of nitro benzene ring substituents is 1. The third-order valence-corrected chi connectivity index (χ3v) is 3.57. The Kier molecular flexibility index (Phi) is 6.58. The Morgan fingerprint density at radius 2 is 1.68 bits per heavy atom. The maximum atomic E-state index is 11.9. The summed E-state index contributed by atoms with van der Waals surface area (Å²) < 4.78 is 5.00. The third kappa shape index (κ3) is 6.06. The zero-order chi connectivity index (χ0) is 20.7. The van der Waals surface area contributed by atoms with Crippen molar-refractivity contribution >= 4 is 29.7 Å². The van der Waals surface area contributed by atoms with Gasteiger partial charge in [0.15, 0.2) is 0 Å². The van der Waals surface area contributed by atoms with Gasteiger partial charge in [0, 0.05) is 12.1 Å². The summed E-state index contributed by atoms with van der Waals surface area (Å²) in [5, 5.41) is 28.6. The number of nitrogens with zero attached hydrogens (tertiary/aromatic N) is 1. The second-order valence-corrected chi connectivity index (χ2v) is 5.68. The van der Waals surface area contributed by atoms with Gasteiger partial charge in [0.05, 0.1) is 23.8 Å². The highest BCUT2D eigenvalue weighted by atomic mass is 16.6. The number of carboxylic acid groups (broad SMARTS) is 2. The molecule has 0 bridgehead atoms. The summed E-state index contributed by atoms with van der Waals surface area (Å²) in [6.07, 6.45) is 1.77. The predicted octanol–water partition coefficient (Wildman–Crippen LogP) is 2.47. The summed E-state index contributed by atoms with van der Waals surface area (Å²) >= 11 is 0. The Labute approximate surface area is 158 Å². The molecule has 2 aromatic rings. The number of carboxylic acids is 2. The molecule has 0 spiro atoms. The van der Waals surface area contributed by atoms with Crippen molar-refractivity contribution in [3.05, 3.63) is 75.3 Å². The van der Waals surface area contributed by atoms with Crippen LogP contribution < -0.4 is 4.74 Å². The quantitative estimate of drug-likeness (QED) is 0.232. The molecular formula is C19H15NO8. The lowest BCUT2D eigenvalue weighted by atomic mass is 9.99. The van der Waals surface area contributed by atoms with Crippen LogP contribution in [0.15, 0.2) is 48.5 Å². The molecule has 0 aliphatic rings. The van der Waals surface area contributed by atoms with Gasteiger partial charge in [-0.05, 0) is 28.8 Å². The van der Waals surface area contributed by atoms with Crippen molar-refractivity contribution in [2.45, 2.75) is 12.8 Å². The summed E-state index contributed by atoms with van der Waals surface area (Å²) in [6, 6.07) is 9.64. The van der Waals surface area contributed by atoms with E-state index in [-0.39, 0.29) is 24.3 Å². The Hall–Kier alpha value is -4.01. The van der Waals surface area contributed by atoms with E-state index in [2.05, 4.69) is 0 Å². The van der Waals surface area contributed by atoms with E-state index >= 15 is 0 Å². The van der Waals surface area contributed by atoms with Crippen LogP contribution in [0, 0.1) is 10.1 Å². The minimum Gasteiger partial charge on any atom is -0.481 e. The molecule has 0 amide bonds. The van der Waals surface area contributed by atoms with Crippen molar-refractivity contribution in [2.24, 2.45) is 0 Å². The second-order valence-electron chi connectivity index (χ2n) is 5.68. The maximum absolute atomic E-state index is 11.9. The van der Waals surface area contributed by atoms with E-state index in [0.717, 1.165) is 12.1 Å². The number of nitro groups is 1. The molecule has 0 aromatic heterocycles. The minimum atomic E-state index is -1.11. The molecule has 0 heterocycles. The lowest BCUT2D eigenvalue weighted by molar-refractivity contribution is -0.384. The molecule has 9 nitrogen and oxygen atoms in total. The van der Waals surface area contributed by atoms with Crippen molar-refractivity contribution in [1.82, 2.24) is 0 Å². The van der Waals surface area contributed by atoms with Crippen molar-refractivity contribution in [3.63, 3.8) is 0 Å². The van der Waals surface area contributed by atoms with Gasteiger partial charge in [-0.2, -0.15) is 0 Å². The number of esters is 1. The maximum Gasteiger partial charge on any atom is 0.336 e. The highest BCUT2D eigenvalue weighted by molar-refractivity contribution is 5.89. The number of benzene rings is 2. The minimum absolute atomic E-state index is 0.00669. The molecule has 2 rings (SSSR count). The van der Waals surface area contributed by atoms with Crippen LogP contribution in [-0.2, 0) is 27.2 Å². The molecule has 144 valence electrons. The van der Waals surface area contributed by atoms with Crippen LogP contribution in [0.1, 0.15) is 16.7 Å². The molecule has 0 unspecified atom stereocenters. The van der Waals surface area contributed by atoms with Gasteiger partial charge in [-0.3, -0.25) is 19.7 Å². The second kappa shape index (κ2) is 9.08. The van der Waals surface area contributed by atoms with Crippen molar-refractivity contribution in [3.8, 4) is 5.75 Å². The van der Waals surface area contributed by atoms with Gasteiger partial charge in [0.25, 0.3) is 5.69 Å². The van der Waals surface area contributed by atoms with Crippen LogP contribution in [-0.4, -0.2) is 33.0 Å². The Balaban J connectivity index is 2.15. The first-order valence-electron chi connectivity index (χ1n) is 7.94. The normalized spacial score (nSPS) is 10.6. The van der Waals surface area contributed by atoms with E-state index in [1.54, 1.807) is 6.07 Å². The van der Waals surface area contributed by atoms with E-state index in [9.17, 15) is 24.5 Å². The average molecular weight is 385 g/mol. The number of ether oxygens (including phenoxy) is 1. The van der Waals surface area contributed by atoms with Gasteiger partial charge in [0.2, 0.25) is 0 Å². The number of rotatable bonds is 8. The molecule has 0 saturated carbocycles. The third-order valence-electron chi connectivity index (χ3n) is 3.57. The zero-order valence-corrected chi connectivity index (χ0v) is 14.4. The van der Waals surface area contributed by atoms with Gasteiger partial charge < -0.3 is 14.9 Å². The molecule has 0 atom stereocenters. The zero-order valence-electron chi connectivity index (χ0n) is 14.4. The summed E-state index contributed by atoms with van der Waals surface area (Å²) in [7, 11) is 0. The highest BCUT2D eigenvalue weighted by Crippen LogP contribution is 2.20. The lowest BCUT2D eigenvalue weighted by Gasteiger charge is -2.07. The molecule has 0 fully saturated rings. The Bertz CT molecular complexity index is 964. The number of hydrogen-bond donors (Lipinski definition) is 2.